The van der Waals surface area contributed by atoms with Crippen molar-refractivity contribution in [2.24, 2.45) is 0 Å². The molecule has 4 aromatic carbocycles. The summed E-state index contributed by atoms with van der Waals surface area (Å²) in [6.45, 7) is 2.00. The van der Waals surface area contributed by atoms with Crippen molar-refractivity contribution in [1.82, 2.24) is 0 Å². The molecule has 1 aliphatic heterocycles. The number of methoxy groups -OCH3 is 1. The van der Waals surface area contributed by atoms with E-state index in [-0.39, 0.29) is 6.61 Å². The summed E-state index contributed by atoms with van der Waals surface area (Å²) in [5.41, 5.74) is 4.18. The molecule has 0 bridgehead atoms. The Hall–Kier alpha value is -3.56. The van der Waals surface area contributed by atoms with Gasteiger partial charge in [-0.1, -0.05) is 72.8 Å². The van der Waals surface area contributed by atoms with E-state index in [1.165, 1.54) is 0 Å². The highest BCUT2D eigenvalue weighted by atomic mass is 16.5. The van der Waals surface area contributed by atoms with E-state index in [2.05, 4.69) is 36.4 Å². The van der Waals surface area contributed by atoms with Crippen molar-refractivity contribution in [3.8, 4) is 11.5 Å². The molecule has 0 radical (unpaired) electrons. The molecule has 0 atom stereocenters. The third kappa shape index (κ3) is 3.01. The Morgan fingerprint density at radius 1 is 0.871 bits per heavy atom. The molecule has 1 heterocycles. The predicted octanol–water partition coefficient (Wildman–Crippen LogP) is 6.00. The minimum absolute atomic E-state index is 0.0481. The average molecular weight is 408 g/mol. The SMILES string of the molecule is COc1ccc2c(C)c(CO)c3c(c2c1)OC(c1ccccc1)(c1ccccc1)C=C3. The number of ether oxygens (including phenoxy) is 2. The summed E-state index contributed by atoms with van der Waals surface area (Å²) >= 11 is 0. The number of rotatable bonds is 4. The van der Waals surface area contributed by atoms with Gasteiger partial charge in [-0.3, -0.25) is 0 Å². The van der Waals surface area contributed by atoms with Gasteiger partial charge in [-0.25, -0.2) is 0 Å². The molecule has 0 saturated carbocycles. The van der Waals surface area contributed by atoms with Crippen molar-refractivity contribution in [1.29, 1.82) is 0 Å². The normalized spacial score (nSPS) is 14.2. The molecule has 3 nitrogen and oxygen atoms in total. The summed E-state index contributed by atoms with van der Waals surface area (Å²) in [7, 11) is 1.67. The topological polar surface area (TPSA) is 38.7 Å². The summed E-state index contributed by atoms with van der Waals surface area (Å²) in [4.78, 5) is 0. The van der Waals surface area contributed by atoms with Crippen LogP contribution in [0.15, 0.2) is 84.9 Å². The lowest BCUT2D eigenvalue weighted by Crippen LogP contribution is -2.34. The second-order valence-electron chi connectivity index (χ2n) is 7.82. The van der Waals surface area contributed by atoms with Crippen LogP contribution in [0.25, 0.3) is 16.8 Å². The fraction of sp³-hybridized carbons (Fsp3) is 0.143. The van der Waals surface area contributed by atoms with Gasteiger partial charge in [0.25, 0.3) is 0 Å². The van der Waals surface area contributed by atoms with Gasteiger partial charge in [0.1, 0.15) is 11.5 Å². The first kappa shape index (κ1) is 19.4. The van der Waals surface area contributed by atoms with Crippen molar-refractivity contribution in [3.05, 3.63) is 113 Å². The zero-order valence-electron chi connectivity index (χ0n) is 17.6. The molecule has 5 rings (SSSR count). The maximum absolute atomic E-state index is 10.2. The molecule has 3 heteroatoms. The average Bonchev–Trinajstić information content (AvgIpc) is 2.85. The molecule has 1 N–H and O–H groups in total. The molecule has 0 spiro atoms. The Balaban J connectivity index is 1.83. The Morgan fingerprint density at radius 2 is 1.52 bits per heavy atom. The number of benzene rings is 4. The maximum Gasteiger partial charge on any atom is 0.178 e. The minimum atomic E-state index is -0.770. The fourth-order valence-corrected chi connectivity index (χ4v) is 4.55. The molecule has 0 amide bonds. The molecule has 154 valence electrons. The Morgan fingerprint density at radius 3 is 2.10 bits per heavy atom. The van der Waals surface area contributed by atoms with Gasteiger partial charge in [0.15, 0.2) is 5.60 Å². The second-order valence-corrected chi connectivity index (χ2v) is 7.82. The van der Waals surface area contributed by atoms with E-state index in [1.54, 1.807) is 7.11 Å². The molecule has 0 unspecified atom stereocenters. The van der Waals surface area contributed by atoms with Crippen LogP contribution in [-0.4, -0.2) is 12.2 Å². The molecule has 0 fully saturated rings. The Labute approximate surface area is 182 Å². The maximum atomic E-state index is 10.2. The first-order chi connectivity index (χ1) is 15.2. The Kier molecular flexibility index (Phi) is 4.76. The van der Waals surface area contributed by atoms with Crippen molar-refractivity contribution < 1.29 is 14.6 Å². The zero-order valence-corrected chi connectivity index (χ0v) is 17.6. The van der Waals surface area contributed by atoms with E-state index in [0.29, 0.717) is 0 Å². The van der Waals surface area contributed by atoms with Crippen LogP contribution in [0, 0.1) is 6.92 Å². The predicted molar refractivity (Wildman–Crippen MR) is 124 cm³/mol. The summed E-state index contributed by atoms with van der Waals surface area (Å²) in [6, 6.07) is 26.5. The van der Waals surface area contributed by atoms with Crippen molar-refractivity contribution in [2.45, 2.75) is 19.1 Å². The van der Waals surface area contributed by atoms with Crippen LogP contribution in [-0.2, 0) is 12.2 Å². The van der Waals surface area contributed by atoms with Crippen molar-refractivity contribution in [2.75, 3.05) is 7.11 Å². The van der Waals surface area contributed by atoms with Crippen molar-refractivity contribution >= 4 is 16.8 Å². The minimum Gasteiger partial charge on any atom is -0.497 e. The van der Waals surface area contributed by atoms with Gasteiger partial charge >= 0.3 is 0 Å². The van der Waals surface area contributed by atoms with Crippen LogP contribution in [0.1, 0.15) is 27.8 Å². The standard InChI is InChI=1S/C28H24O3/c1-19-23-14-13-22(30-2)17-25(23)27-24(26(19)18-29)15-16-28(31-27,20-9-5-3-6-10-20)21-11-7-4-8-12-21/h3-17,29H,18H2,1-2H3. The monoisotopic (exact) mass is 408 g/mol. The van der Waals surface area contributed by atoms with Crippen LogP contribution in [0.5, 0.6) is 11.5 Å². The lowest BCUT2D eigenvalue weighted by molar-refractivity contribution is 0.162. The van der Waals surface area contributed by atoms with Gasteiger partial charge in [-0.05, 0) is 41.6 Å². The summed E-state index contributed by atoms with van der Waals surface area (Å²) in [6.07, 6.45) is 4.20. The molecular weight excluding hydrogens is 384 g/mol. The first-order valence-corrected chi connectivity index (χ1v) is 10.4. The fourth-order valence-electron chi connectivity index (χ4n) is 4.55. The van der Waals surface area contributed by atoms with E-state index in [0.717, 1.165) is 50.1 Å². The zero-order chi connectivity index (χ0) is 21.4. The number of aryl methyl sites for hydroxylation is 1. The van der Waals surface area contributed by atoms with Crippen LogP contribution in [0.2, 0.25) is 0 Å². The van der Waals surface area contributed by atoms with E-state index in [4.69, 9.17) is 9.47 Å². The van der Waals surface area contributed by atoms with Crippen LogP contribution >= 0.6 is 0 Å². The van der Waals surface area contributed by atoms with Gasteiger partial charge in [-0.15, -0.1) is 0 Å². The van der Waals surface area contributed by atoms with Crippen molar-refractivity contribution in [3.63, 3.8) is 0 Å². The van der Waals surface area contributed by atoms with E-state index >= 15 is 0 Å². The highest BCUT2D eigenvalue weighted by Gasteiger charge is 2.38. The highest BCUT2D eigenvalue weighted by Crippen LogP contribution is 2.47. The highest BCUT2D eigenvalue weighted by molar-refractivity contribution is 5.97. The summed E-state index contributed by atoms with van der Waals surface area (Å²) < 4.78 is 12.5. The smallest absolute Gasteiger partial charge is 0.178 e. The number of hydrogen-bond acceptors (Lipinski definition) is 3. The lowest BCUT2D eigenvalue weighted by atomic mass is 9.82. The van der Waals surface area contributed by atoms with Gasteiger partial charge in [0, 0.05) is 22.1 Å². The molecule has 4 aromatic rings. The Bertz CT molecular complexity index is 1230. The summed E-state index contributed by atoms with van der Waals surface area (Å²) in [5.74, 6) is 1.53. The van der Waals surface area contributed by atoms with Gasteiger partial charge in [0.2, 0.25) is 0 Å². The number of aliphatic hydroxyl groups is 1. The molecular formula is C28H24O3. The van der Waals surface area contributed by atoms with Crippen LogP contribution in [0.3, 0.4) is 0 Å². The van der Waals surface area contributed by atoms with Gasteiger partial charge in [0.05, 0.1) is 13.7 Å². The summed E-state index contributed by atoms with van der Waals surface area (Å²) in [5, 5.41) is 12.2. The quantitative estimate of drug-likeness (QED) is 0.450. The molecule has 0 saturated heterocycles. The molecule has 31 heavy (non-hydrogen) atoms. The van der Waals surface area contributed by atoms with Gasteiger partial charge in [-0.2, -0.15) is 0 Å². The lowest BCUT2D eigenvalue weighted by Gasteiger charge is -2.37. The first-order valence-electron chi connectivity index (χ1n) is 10.4. The second kappa shape index (κ2) is 7.60. The van der Waals surface area contributed by atoms with Crippen LogP contribution in [0.4, 0.5) is 0 Å². The molecule has 1 aliphatic rings. The number of hydrogen-bond donors (Lipinski definition) is 1. The van der Waals surface area contributed by atoms with E-state index in [9.17, 15) is 5.11 Å². The van der Waals surface area contributed by atoms with Gasteiger partial charge < -0.3 is 14.6 Å². The molecule has 0 aliphatic carbocycles. The largest absolute Gasteiger partial charge is 0.497 e. The number of aliphatic hydroxyl groups excluding tert-OH is 1. The van der Waals surface area contributed by atoms with Crippen LogP contribution < -0.4 is 9.47 Å². The third-order valence-corrected chi connectivity index (χ3v) is 6.21. The molecule has 0 aromatic heterocycles. The van der Waals surface area contributed by atoms with E-state index in [1.807, 2.05) is 61.5 Å². The van der Waals surface area contributed by atoms with E-state index < -0.39 is 5.60 Å². The number of fused-ring (bicyclic) bond motifs is 3. The third-order valence-electron chi connectivity index (χ3n) is 6.21.